The maximum atomic E-state index is 13.0. The summed E-state index contributed by atoms with van der Waals surface area (Å²) < 4.78 is 41.0. The van der Waals surface area contributed by atoms with Crippen LogP contribution in [-0.2, 0) is 17.5 Å². The molecule has 1 aliphatic rings. The number of aromatic nitrogens is 4. The molecule has 4 aromatic rings. The van der Waals surface area contributed by atoms with Gasteiger partial charge in [0.2, 0.25) is 5.91 Å². The second-order valence-electron chi connectivity index (χ2n) is 10.3. The van der Waals surface area contributed by atoms with Gasteiger partial charge in [-0.2, -0.15) is 18.3 Å². The van der Waals surface area contributed by atoms with Gasteiger partial charge in [-0.05, 0) is 56.9 Å². The summed E-state index contributed by atoms with van der Waals surface area (Å²) in [5, 5.41) is 11.0. The van der Waals surface area contributed by atoms with Crippen LogP contribution in [-0.4, -0.2) is 37.6 Å². The van der Waals surface area contributed by atoms with E-state index in [1.165, 1.54) is 0 Å². The molecule has 0 radical (unpaired) electrons. The van der Waals surface area contributed by atoms with Crippen molar-refractivity contribution >= 4 is 40.4 Å². The summed E-state index contributed by atoms with van der Waals surface area (Å²) in [7, 11) is 0. The molecule has 0 saturated carbocycles. The van der Waals surface area contributed by atoms with Gasteiger partial charge < -0.3 is 16.4 Å². The van der Waals surface area contributed by atoms with Crippen LogP contribution >= 0.6 is 0 Å². The Morgan fingerprint density at radius 2 is 1.93 bits per heavy atom. The van der Waals surface area contributed by atoms with Crippen molar-refractivity contribution in [3.05, 3.63) is 71.6 Å². The second-order valence-corrected chi connectivity index (χ2v) is 10.3. The number of anilines is 2. The number of aryl methyl sites for hydroxylation is 1. The van der Waals surface area contributed by atoms with Gasteiger partial charge in [0.05, 0.1) is 16.5 Å². The number of nitrogens with zero attached hydrogens (tertiary/aromatic N) is 4. The molecule has 5 rings (SSSR count). The van der Waals surface area contributed by atoms with Gasteiger partial charge in [-0.15, -0.1) is 0 Å². The zero-order valence-electron chi connectivity index (χ0n) is 22.9. The lowest BCUT2D eigenvalue weighted by Crippen LogP contribution is -2.33. The molecule has 0 spiro atoms. The van der Waals surface area contributed by atoms with E-state index in [0.717, 1.165) is 48.7 Å². The van der Waals surface area contributed by atoms with Crippen LogP contribution in [0.3, 0.4) is 0 Å². The maximum Gasteiger partial charge on any atom is 0.416 e. The average Bonchev–Trinajstić information content (AvgIpc) is 3.35. The number of nitrogen functional groups attached to an aromatic ring is 1. The van der Waals surface area contributed by atoms with E-state index in [9.17, 15) is 22.8 Å². The predicted molar refractivity (Wildman–Crippen MR) is 154 cm³/mol. The highest BCUT2D eigenvalue weighted by Gasteiger charge is 2.31. The Hall–Kier alpha value is -4.74. The monoisotopic (exact) mass is 577 g/mol. The topological polar surface area (TPSA) is 128 Å². The van der Waals surface area contributed by atoms with Gasteiger partial charge in [0, 0.05) is 48.1 Å². The lowest BCUT2D eigenvalue weighted by molar-refractivity contribution is -0.137. The molecule has 42 heavy (non-hydrogen) atoms. The van der Waals surface area contributed by atoms with E-state index >= 15 is 0 Å². The van der Waals surface area contributed by atoms with Crippen LogP contribution < -0.4 is 16.4 Å². The highest BCUT2D eigenvalue weighted by molar-refractivity contribution is 6.06. The number of rotatable bonds is 3. The first-order valence-electron chi connectivity index (χ1n) is 13.7. The van der Waals surface area contributed by atoms with Crippen molar-refractivity contribution in [2.24, 2.45) is 0 Å². The number of benzene rings is 1. The predicted octanol–water partition coefficient (Wildman–Crippen LogP) is 5.83. The first-order chi connectivity index (χ1) is 20.1. The Kier molecular flexibility index (Phi) is 8.23. The minimum atomic E-state index is -4.55. The van der Waals surface area contributed by atoms with E-state index in [1.54, 1.807) is 30.5 Å². The van der Waals surface area contributed by atoms with Crippen LogP contribution in [0.4, 0.5) is 24.8 Å². The molecule has 0 bridgehead atoms. The minimum Gasteiger partial charge on any atom is -0.383 e. The highest BCUT2D eigenvalue weighted by atomic mass is 19.4. The first-order valence-corrected chi connectivity index (χ1v) is 13.7. The van der Waals surface area contributed by atoms with E-state index in [-0.39, 0.29) is 23.3 Å². The molecule has 9 nitrogen and oxygen atoms in total. The molecule has 218 valence electrons. The highest BCUT2D eigenvalue weighted by Crippen LogP contribution is 2.34. The molecule has 1 aromatic carbocycles. The third-order valence-electron chi connectivity index (χ3n) is 7.08. The average molecular weight is 578 g/mol. The number of allylic oxidation sites excluding steroid dienone is 1. The zero-order valence-corrected chi connectivity index (χ0v) is 22.9. The third-order valence-corrected chi connectivity index (χ3v) is 7.08. The minimum absolute atomic E-state index is 0.0386. The Labute approximate surface area is 240 Å². The molecule has 1 atom stereocenters. The lowest BCUT2D eigenvalue weighted by atomic mass is 10.0. The van der Waals surface area contributed by atoms with Crippen LogP contribution in [0.25, 0.3) is 28.2 Å². The van der Waals surface area contributed by atoms with Crippen molar-refractivity contribution in [1.82, 2.24) is 25.1 Å². The normalized spacial score (nSPS) is 17.3. The summed E-state index contributed by atoms with van der Waals surface area (Å²) in [6, 6.07) is 8.09. The van der Waals surface area contributed by atoms with Gasteiger partial charge in [0.15, 0.2) is 0 Å². The molecule has 4 heterocycles. The van der Waals surface area contributed by atoms with Crippen LogP contribution in [0.15, 0.2) is 54.9 Å². The van der Waals surface area contributed by atoms with Gasteiger partial charge in [-0.25, -0.2) is 9.97 Å². The number of hydrogen-bond acceptors (Lipinski definition) is 6. The fourth-order valence-electron chi connectivity index (χ4n) is 4.88. The second kappa shape index (κ2) is 12.0. The van der Waals surface area contributed by atoms with Crippen molar-refractivity contribution < 1.29 is 22.8 Å². The molecule has 12 heteroatoms. The summed E-state index contributed by atoms with van der Waals surface area (Å²) in [5.41, 5.74) is 8.65. The number of pyridine rings is 2. The fourth-order valence-corrected chi connectivity index (χ4v) is 4.88. The Morgan fingerprint density at radius 1 is 1.14 bits per heavy atom. The number of carbonyl (C=O) groups is 2. The summed E-state index contributed by atoms with van der Waals surface area (Å²) in [4.78, 5) is 33.3. The molecule has 2 amide bonds. The molecular weight excluding hydrogens is 547 g/mol. The molecular formula is C30H30F3N7O2. The fraction of sp³-hybridized carbons (Fsp3) is 0.300. The number of halogens is 3. The number of carbonyl (C=O) groups excluding carboxylic acids is 2. The molecule has 0 fully saturated rings. The van der Waals surface area contributed by atoms with Crippen LogP contribution in [0.5, 0.6) is 0 Å². The summed E-state index contributed by atoms with van der Waals surface area (Å²) >= 11 is 0. The standard InChI is InChI=1S/C30H30F3N7O2/c1-18-13-15-40-27-21(6-4-2-3-5-7-24(41)37-18)17-36-28(34)25(27)26(39-40)19-8-10-20(11-9-19)29(42)38-23-16-22(12-14-35-23)30(31,32)33/h4,6,8-12,14,16-18H,2-3,5,7,13,15H2,1H3,(H2,34,36)(H,37,41)(H,35,38,42)/b6-4+/t18-/m1/s1. The Morgan fingerprint density at radius 3 is 2.69 bits per heavy atom. The number of amides is 2. The van der Waals surface area contributed by atoms with Crippen LogP contribution in [0.2, 0.25) is 0 Å². The smallest absolute Gasteiger partial charge is 0.383 e. The van der Waals surface area contributed by atoms with Gasteiger partial charge in [0.25, 0.3) is 5.91 Å². The Balaban J connectivity index is 1.46. The zero-order chi connectivity index (χ0) is 29.9. The molecule has 3 aromatic heterocycles. The molecule has 0 aliphatic carbocycles. The summed E-state index contributed by atoms with van der Waals surface area (Å²) in [6.45, 7) is 2.48. The third kappa shape index (κ3) is 6.42. The number of hydrogen-bond donors (Lipinski definition) is 3. The molecule has 0 unspecified atom stereocenters. The van der Waals surface area contributed by atoms with Gasteiger partial charge >= 0.3 is 6.18 Å². The SMILES string of the molecule is C[C@@H]1CCn2nc(-c3ccc(C(=O)Nc4cc(C(F)(F)F)ccn4)cc3)c3c(N)ncc(c32)/C=C/CCCCC(=O)N1. The van der Waals surface area contributed by atoms with E-state index in [4.69, 9.17) is 10.8 Å². The van der Waals surface area contributed by atoms with Crippen LogP contribution in [0, 0.1) is 0 Å². The molecule has 1 aliphatic heterocycles. The van der Waals surface area contributed by atoms with E-state index in [1.807, 2.05) is 17.7 Å². The number of nitrogens with one attached hydrogen (secondary N) is 2. The van der Waals surface area contributed by atoms with Crippen molar-refractivity contribution in [3.63, 3.8) is 0 Å². The first kappa shape index (κ1) is 28.8. The van der Waals surface area contributed by atoms with E-state index in [2.05, 4.69) is 26.7 Å². The van der Waals surface area contributed by atoms with E-state index < -0.39 is 17.6 Å². The van der Waals surface area contributed by atoms with Crippen molar-refractivity contribution in [1.29, 1.82) is 0 Å². The molecule has 4 N–H and O–H groups in total. The Bertz CT molecular complexity index is 1650. The lowest BCUT2D eigenvalue weighted by Gasteiger charge is -2.15. The van der Waals surface area contributed by atoms with Crippen molar-refractivity contribution in [2.75, 3.05) is 11.1 Å². The van der Waals surface area contributed by atoms with Gasteiger partial charge in [-0.1, -0.05) is 24.3 Å². The molecule has 0 saturated heterocycles. The summed E-state index contributed by atoms with van der Waals surface area (Å²) in [6.07, 6.45) is 5.88. The quantitative estimate of drug-likeness (QED) is 0.281. The van der Waals surface area contributed by atoms with Crippen molar-refractivity contribution in [3.8, 4) is 11.3 Å². The van der Waals surface area contributed by atoms with Crippen molar-refractivity contribution in [2.45, 2.75) is 57.8 Å². The maximum absolute atomic E-state index is 13.0. The largest absolute Gasteiger partial charge is 0.416 e. The van der Waals surface area contributed by atoms with Crippen LogP contribution in [0.1, 0.15) is 60.5 Å². The van der Waals surface area contributed by atoms with E-state index in [0.29, 0.717) is 41.8 Å². The number of alkyl halides is 3. The van der Waals surface area contributed by atoms with Gasteiger partial charge in [-0.3, -0.25) is 14.3 Å². The summed E-state index contributed by atoms with van der Waals surface area (Å²) in [5.74, 6) is -0.463. The van der Waals surface area contributed by atoms with Gasteiger partial charge in [0.1, 0.15) is 17.3 Å². The number of nitrogens with two attached hydrogens (primary N) is 1.